The number of benzene rings is 1. The number of nitrogens with one attached hydrogen (secondary N) is 3. The molecule has 0 saturated heterocycles. The highest BCUT2D eigenvalue weighted by atomic mass is 16.4. The van der Waals surface area contributed by atoms with E-state index in [-0.39, 0.29) is 38.2 Å². The average Bonchev–Trinajstić information content (AvgIpc) is 3.00. The van der Waals surface area contributed by atoms with Crippen LogP contribution in [0.4, 0.5) is 0 Å². The van der Waals surface area contributed by atoms with Crippen LogP contribution in [0.3, 0.4) is 0 Å². The number of aliphatic carboxylic acids is 2. The predicted molar refractivity (Wildman–Crippen MR) is 175 cm³/mol. The normalized spacial score (nSPS) is 14.1. The van der Waals surface area contributed by atoms with Crippen molar-refractivity contribution in [3.63, 3.8) is 0 Å². The molecule has 0 saturated carbocycles. The number of rotatable bonds is 23. The summed E-state index contributed by atoms with van der Waals surface area (Å²) in [5, 5.41) is 26.7. The van der Waals surface area contributed by atoms with Crippen LogP contribution >= 0.6 is 0 Å². The molecule has 262 valence electrons. The fourth-order valence-corrected chi connectivity index (χ4v) is 4.74. The zero-order chi connectivity index (χ0) is 35.5. The number of nitrogens with zero attached hydrogens (tertiary/aromatic N) is 1. The van der Waals surface area contributed by atoms with Gasteiger partial charge in [0, 0.05) is 13.0 Å². The number of hydrogen-bond acceptors (Lipinski definition) is 9. The summed E-state index contributed by atoms with van der Waals surface area (Å²) in [6, 6.07) is 3.84. The van der Waals surface area contributed by atoms with Crippen molar-refractivity contribution in [1.29, 1.82) is 0 Å². The van der Waals surface area contributed by atoms with E-state index >= 15 is 0 Å². The van der Waals surface area contributed by atoms with Gasteiger partial charge in [-0.3, -0.25) is 33.8 Å². The molecule has 1 aromatic rings. The molecule has 1 rings (SSSR count). The summed E-state index contributed by atoms with van der Waals surface area (Å²) in [4.78, 5) is 80.2. The van der Waals surface area contributed by atoms with Gasteiger partial charge in [0.1, 0.15) is 12.1 Å². The zero-order valence-corrected chi connectivity index (χ0v) is 27.0. The Morgan fingerprint density at radius 2 is 1.43 bits per heavy atom. The van der Waals surface area contributed by atoms with Crippen LogP contribution < -0.4 is 38.9 Å². The van der Waals surface area contributed by atoms with E-state index in [9.17, 15) is 39.0 Å². The monoisotopic (exact) mass is 662 g/mol. The van der Waals surface area contributed by atoms with Gasteiger partial charge >= 0.3 is 11.9 Å². The first-order chi connectivity index (χ1) is 22.2. The number of carbonyl (C=O) groups excluding carboxylic acids is 4. The molecule has 16 heteroatoms. The molecule has 0 aliphatic rings. The van der Waals surface area contributed by atoms with Crippen molar-refractivity contribution >= 4 is 41.4 Å². The lowest BCUT2D eigenvalue weighted by Gasteiger charge is -2.27. The van der Waals surface area contributed by atoms with Gasteiger partial charge in [0.15, 0.2) is 11.7 Å². The number of unbranched alkanes of at least 4 members (excludes halogenated alkanes) is 1. The van der Waals surface area contributed by atoms with Gasteiger partial charge < -0.3 is 49.1 Å². The third-order valence-electron chi connectivity index (χ3n) is 7.33. The number of carbonyl (C=O) groups is 6. The quantitative estimate of drug-likeness (QED) is 0.0387. The van der Waals surface area contributed by atoms with E-state index < -0.39 is 77.9 Å². The number of Topliss-reactive ketones (excluding diaryl/α,β-unsaturated/α-hetero) is 1. The number of carboxylic acids is 2. The van der Waals surface area contributed by atoms with Gasteiger partial charge in [0.25, 0.3) is 0 Å². The van der Waals surface area contributed by atoms with Crippen molar-refractivity contribution in [2.45, 2.75) is 89.4 Å². The van der Waals surface area contributed by atoms with Gasteiger partial charge in [0.2, 0.25) is 17.7 Å². The molecule has 47 heavy (non-hydrogen) atoms. The molecule has 0 spiro atoms. The Hall–Kier alpha value is -4.57. The number of nitrogens with two attached hydrogens (primary N) is 4. The van der Waals surface area contributed by atoms with Crippen LogP contribution in [0.15, 0.2) is 35.3 Å². The maximum atomic E-state index is 13.3. The molecule has 0 aliphatic heterocycles. The van der Waals surface area contributed by atoms with Gasteiger partial charge in [-0.15, -0.1) is 0 Å². The summed E-state index contributed by atoms with van der Waals surface area (Å²) in [5.41, 5.74) is 22.8. The zero-order valence-electron chi connectivity index (χ0n) is 27.0. The molecule has 0 aromatic heterocycles. The van der Waals surface area contributed by atoms with Crippen LogP contribution in [0.5, 0.6) is 0 Å². The highest BCUT2D eigenvalue weighted by Gasteiger charge is 2.34. The molecule has 0 bridgehead atoms. The van der Waals surface area contributed by atoms with Crippen molar-refractivity contribution in [1.82, 2.24) is 16.0 Å². The minimum Gasteiger partial charge on any atom is -0.481 e. The van der Waals surface area contributed by atoms with E-state index in [0.29, 0.717) is 25.8 Å². The van der Waals surface area contributed by atoms with E-state index in [1.165, 1.54) is 0 Å². The Bertz CT molecular complexity index is 1220. The Balaban J connectivity index is 3.06. The Labute approximate surface area is 274 Å². The average molecular weight is 663 g/mol. The summed E-state index contributed by atoms with van der Waals surface area (Å²) in [6.07, 6.45) is 0.582. The van der Waals surface area contributed by atoms with Crippen molar-refractivity contribution in [2.75, 3.05) is 13.1 Å². The number of guanidine groups is 1. The van der Waals surface area contributed by atoms with Crippen molar-refractivity contribution < 1.29 is 39.0 Å². The SMILES string of the molecule is CC(C)[C@H](NC(=O)[C@H](CC(=O)O)NC(=O)[C@H](CCCCN)NC(=O)[C@@H](N)CCCN=C(N)N)C(=O)C[C@@H](Cc1ccccc1)C(=O)O. The van der Waals surface area contributed by atoms with E-state index in [1.54, 1.807) is 44.2 Å². The molecule has 0 unspecified atom stereocenters. The Kier molecular flexibility index (Phi) is 18.3. The highest BCUT2D eigenvalue weighted by molar-refractivity contribution is 5.97. The standard InChI is InChI=1S/C31H50N8O8/c1-18(2)26(24(40)16-20(30(46)47)15-19-9-4-3-5-10-19)39-29(45)23(17-25(41)42)38-28(44)22(12-6-7-13-32)37-27(43)21(33)11-8-14-36-31(34)35/h3-5,9-10,18,20-23,26H,6-8,11-17,32-33H2,1-2H3,(H,37,43)(H,38,44)(H,39,45)(H,41,42)(H,46,47)(H4,34,35,36)/t20-,21+,22+,23+,26+/m1/s1. The van der Waals surface area contributed by atoms with Crippen LogP contribution in [0.2, 0.25) is 0 Å². The first-order valence-corrected chi connectivity index (χ1v) is 15.6. The van der Waals surface area contributed by atoms with Crippen LogP contribution in [-0.2, 0) is 35.2 Å². The number of aliphatic imine (C=N–C) groups is 1. The molecule has 13 N–H and O–H groups in total. The third kappa shape index (κ3) is 16.0. The van der Waals surface area contributed by atoms with Crippen LogP contribution in [-0.4, -0.2) is 88.9 Å². The summed E-state index contributed by atoms with van der Waals surface area (Å²) >= 11 is 0. The third-order valence-corrected chi connectivity index (χ3v) is 7.33. The molecule has 1 aromatic carbocycles. The van der Waals surface area contributed by atoms with E-state index in [0.717, 1.165) is 5.56 Å². The Morgan fingerprint density at radius 3 is 1.98 bits per heavy atom. The van der Waals surface area contributed by atoms with Crippen LogP contribution in [0, 0.1) is 11.8 Å². The van der Waals surface area contributed by atoms with Gasteiger partial charge in [-0.1, -0.05) is 44.2 Å². The van der Waals surface area contributed by atoms with Crippen molar-refractivity contribution in [3.8, 4) is 0 Å². The lowest BCUT2D eigenvalue weighted by atomic mass is 9.89. The second-order valence-electron chi connectivity index (χ2n) is 11.7. The first kappa shape index (κ1) is 40.5. The lowest BCUT2D eigenvalue weighted by molar-refractivity contribution is -0.144. The summed E-state index contributed by atoms with van der Waals surface area (Å²) in [7, 11) is 0. The van der Waals surface area contributed by atoms with Gasteiger partial charge in [-0.2, -0.15) is 0 Å². The minimum absolute atomic E-state index is 0.0928. The molecule has 3 amide bonds. The minimum atomic E-state index is -1.61. The Morgan fingerprint density at radius 1 is 0.809 bits per heavy atom. The molecule has 5 atom stereocenters. The summed E-state index contributed by atoms with van der Waals surface area (Å²) in [5.74, 6) is -7.22. The predicted octanol–water partition coefficient (Wildman–Crippen LogP) is -1.02. The molecule has 0 fully saturated rings. The second kappa shape index (κ2) is 21.3. The molecule has 16 nitrogen and oxygen atoms in total. The number of amides is 3. The summed E-state index contributed by atoms with van der Waals surface area (Å²) < 4.78 is 0. The number of hydrogen-bond donors (Lipinski definition) is 9. The molecule has 0 heterocycles. The van der Waals surface area contributed by atoms with E-state index in [1.807, 2.05) is 0 Å². The smallest absolute Gasteiger partial charge is 0.307 e. The van der Waals surface area contributed by atoms with Gasteiger partial charge in [-0.25, -0.2) is 0 Å². The maximum Gasteiger partial charge on any atom is 0.307 e. The molecular formula is C31H50N8O8. The summed E-state index contributed by atoms with van der Waals surface area (Å²) in [6.45, 7) is 3.86. The maximum absolute atomic E-state index is 13.3. The number of carboxylic acid groups (broad SMARTS) is 2. The topological polar surface area (TPSA) is 295 Å². The largest absolute Gasteiger partial charge is 0.481 e. The van der Waals surface area contributed by atoms with Gasteiger partial charge in [-0.05, 0) is 56.6 Å². The fraction of sp³-hybridized carbons (Fsp3) is 0.581. The second-order valence-corrected chi connectivity index (χ2v) is 11.7. The van der Waals surface area contributed by atoms with E-state index in [4.69, 9.17) is 22.9 Å². The van der Waals surface area contributed by atoms with Crippen LogP contribution in [0.25, 0.3) is 0 Å². The highest BCUT2D eigenvalue weighted by Crippen LogP contribution is 2.17. The van der Waals surface area contributed by atoms with Crippen molar-refractivity contribution in [3.05, 3.63) is 35.9 Å². The van der Waals surface area contributed by atoms with Crippen LogP contribution in [0.1, 0.15) is 64.4 Å². The first-order valence-electron chi connectivity index (χ1n) is 15.6. The fourth-order valence-electron chi connectivity index (χ4n) is 4.74. The van der Waals surface area contributed by atoms with E-state index in [2.05, 4.69) is 20.9 Å². The van der Waals surface area contributed by atoms with Crippen molar-refractivity contribution in [2.24, 2.45) is 39.8 Å². The van der Waals surface area contributed by atoms with Gasteiger partial charge in [0.05, 0.1) is 24.4 Å². The molecule has 0 radical (unpaired) electrons. The number of ketones is 1. The molecular weight excluding hydrogens is 612 g/mol. The lowest BCUT2D eigenvalue weighted by Crippen LogP contribution is -2.58. The molecule has 0 aliphatic carbocycles.